The molecular weight excluding hydrogens is 296 g/mol. The van der Waals surface area contributed by atoms with E-state index in [0.29, 0.717) is 0 Å². The molecule has 2 nitrogen and oxygen atoms in total. The van der Waals surface area contributed by atoms with E-state index >= 15 is 0 Å². The van der Waals surface area contributed by atoms with Gasteiger partial charge in [-0.25, -0.2) is 0 Å². The van der Waals surface area contributed by atoms with Gasteiger partial charge in [0.1, 0.15) is 11.5 Å². The first-order valence-corrected chi connectivity index (χ1v) is 8.88. The van der Waals surface area contributed by atoms with E-state index in [9.17, 15) is 0 Å². The van der Waals surface area contributed by atoms with Gasteiger partial charge in [-0.1, -0.05) is 68.1 Å². The molecule has 0 aliphatic rings. The quantitative estimate of drug-likeness (QED) is 0.377. The highest BCUT2D eigenvalue weighted by Gasteiger charge is 2.15. The van der Waals surface area contributed by atoms with E-state index in [1.165, 1.54) is 24.8 Å². The summed E-state index contributed by atoms with van der Waals surface area (Å²) >= 11 is 0. The van der Waals surface area contributed by atoms with Crippen LogP contribution in [0.2, 0.25) is 0 Å². The largest absolute Gasteiger partial charge is 0.495 e. The molecule has 0 saturated heterocycles. The van der Waals surface area contributed by atoms with Gasteiger partial charge in [-0.15, -0.1) is 0 Å². The van der Waals surface area contributed by atoms with Crippen LogP contribution in [-0.4, -0.2) is 13.7 Å². The van der Waals surface area contributed by atoms with Gasteiger partial charge < -0.3 is 9.47 Å². The molecule has 0 saturated carbocycles. The minimum atomic E-state index is 0.763. The first-order valence-electron chi connectivity index (χ1n) is 8.88. The van der Waals surface area contributed by atoms with Crippen LogP contribution in [0.3, 0.4) is 0 Å². The molecule has 3 rings (SSSR count). The Morgan fingerprint density at radius 1 is 0.792 bits per heavy atom. The summed E-state index contributed by atoms with van der Waals surface area (Å²) in [5.41, 5.74) is 1.23. The summed E-state index contributed by atoms with van der Waals surface area (Å²) in [6.07, 6.45) is 4.84. The van der Waals surface area contributed by atoms with Gasteiger partial charge in [0, 0.05) is 21.5 Å². The highest BCUT2D eigenvalue weighted by Crippen LogP contribution is 2.42. The van der Waals surface area contributed by atoms with Crippen LogP contribution in [0, 0.1) is 6.92 Å². The Hall–Kier alpha value is -2.22. The number of benzene rings is 3. The summed E-state index contributed by atoms with van der Waals surface area (Å²) in [6, 6.07) is 14.8. The molecule has 0 N–H and O–H groups in total. The molecule has 0 fully saturated rings. The minimum Gasteiger partial charge on any atom is -0.495 e. The number of ether oxygens (including phenoxy) is 2. The molecule has 0 aliphatic carbocycles. The Bertz CT molecular complexity index is 836. The van der Waals surface area contributed by atoms with Crippen molar-refractivity contribution in [2.24, 2.45) is 0 Å². The Morgan fingerprint density at radius 2 is 1.50 bits per heavy atom. The third-order valence-electron chi connectivity index (χ3n) is 4.53. The SMILES string of the molecule is CCCCCCOc1c2ccccc2c(OC)c2cc(C)ccc12. The molecule has 0 atom stereocenters. The van der Waals surface area contributed by atoms with Gasteiger partial charge in [-0.2, -0.15) is 0 Å². The van der Waals surface area contributed by atoms with Crippen molar-refractivity contribution in [2.75, 3.05) is 13.7 Å². The first-order chi connectivity index (χ1) is 11.8. The Morgan fingerprint density at radius 3 is 2.21 bits per heavy atom. The normalized spacial score (nSPS) is 11.1. The smallest absolute Gasteiger partial charge is 0.135 e. The topological polar surface area (TPSA) is 18.5 Å². The molecule has 0 spiro atoms. The van der Waals surface area contributed by atoms with Crippen molar-refractivity contribution >= 4 is 21.5 Å². The molecule has 0 amide bonds. The Kier molecular flexibility index (Phi) is 5.24. The second-order valence-electron chi connectivity index (χ2n) is 6.37. The first kappa shape index (κ1) is 16.6. The number of rotatable bonds is 7. The number of unbranched alkanes of at least 4 members (excludes halogenated alkanes) is 3. The van der Waals surface area contributed by atoms with E-state index in [1.807, 2.05) is 0 Å². The third-order valence-corrected chi connectivity index (χ3v) is 4.53. The van der Waals surface area contributed by atoms with Gasteiger partial charge in [-0.3, -0.25) is 0 Å². The van der Waals surface area contributed by atoms with Crippen LogP contribution in [0.4, 0.5) is 0 Å². The number of hydrogen-bond donors (Lipinski definition) is 0. The predicted molar refractivity (Wildman–Crippen MR) is 102 cm³/mol. The molecule has 0 unspecified atom stereocenters. The predicted octanol–water partition coefficient (Wildman–Crippen LogP) is 6.27. The van der Waals surface area contributed by atoms with Crippen LogP contribution in [0.1, 0.15) is 38.2 Å². The average molecular weight is 322 g/mol. The van der Waals surface area contributed by atoms with Crippen molar-refractivity contribution in [1.29, 1.82) is 0 Å². The molecular formula is C22H26O2. The summed E-state index contributed by atoms with van der Waals surface area (Å²) in [5, 5.41) is 4.49. The van der Waals surface area contributed by atoms with Crippen molar-refractivity contribution in [3.05, 3.63) is 48.0 Å². The number of fused-ring (bicyclic) bond motifs is 2. The van der Waals surface area contributed by atoms with Gasteiger partial charge in [0.15, 0.2) is 0 Å². The maximum atomic E-state index is 6.26. The molecule has 3 aromatic rings. The third kappa shape index (κ3) is 3.19. The van der Waals surface area contributed by atoms with E-state index in [4.69, 9.17) is 9.47 Å². The van der Waals surface area contributed by atoms with Gasteiger partial charge in [0.2, 0.25) is 0 Å². The number of methoxy groups -OCH3 is 1. The molecule has 0 radical (unpaired) electrons. The average Bonchev–Trinajstić information content (AvgIpc) is 2.60. The van der Waals surface area contributed by atoms with Gasteiger partial charge in [0.25, 0.3) is 0 Å². The summed E-state index contributed by atoms with van der Waals surface area (Å²) in [5.74, 6) is 1.92. The van der Waals surface area contributed by atoms with Crippen LogP contribution >= 0.6 is 0 Å². The van der Waals surface area contributed by atoms with Crippen molar-refractivity contribution < 1.29 is 9.47 Å². The van der Waals surface area contributed by atoms with E-state index in [2.05, 4.69) is 56.3 Å². The van der Waals surface area contributed by atoms with Crippen molar-refractivity contribution in [3.63, 3.8) is 0 Å². The lowest BCUT2D eigenvalue weighted by Gasteiger charge is -2.17. The second kappa shape index (κ2) is 7.57. The van der Waals surface area contributed by atoms with Crippen LogP contribution in [0.15, 0.2) is 42.5 Å². The maximum Gasteiger partial charge on any atom is 0.135 e. The van der Waals surface area contributed by atoms with Crippen LogP contribution in [-0.2, 0) is 0 Å². The van der Waals surface area contributed by atoms with Crippen molar-refractivity contribution in [1.82, 2.24) is 0 Å². The maximum absolute atomic E-state index is 6.26. The summed E-state index contributed by atoms with van der Waals surface area (Å²) < 4.78 is 12.0. The fourth-order valence-electron chi connectivity index (χ4n) is 3.29. The minimum absolute atomic E-state index is 0.763. The zero-order chi connectivity index (χ0) is 16.9. The van der Waals surface area contributed by atoms with E-state index in [1.54, 1.807) is 7.11 Å². The summed E-state index contributed by atoms with van der Waals surface area (Å²) in [7, 11) is 1.74. The highest BCUT2D eigenvalue weighted by atomic mass is 16.5. The lowest BCUT2D eigenvalue weighted by Crippen LogP contribution is -2.00. The fourth-order valence-corrected chi connectivity index (χ4v) is 3.29. The standard InChI is InChI=1S/C22H26O2/c1-4-5-6-9-14-24-22-18-11-8-7-10-17(18)21(23-3)20-15-16(2)12-13-19(20)22/h7-8,10-13,15H,4-6,9,14H2,1-3H3. The Balaban J connectivity index is 2.10. The fraction of sp³-hybridized carbons (Fsp3) is 0.364. The monoisotopic (exact) mass is 322 g/mol. The molecule has 0 bridgehead atoms. The summed E-state index contributed by atoms with van der Waals surface area (Å²) in [6.45, 7) is 5.10. The summed E-state index contributed by atoms with van der Waals surface area (Å²) in [4.78, 5) is 0. The number of hydrogen-bond acceptors (Lipinski definition) is 2. The number of aryl methyl sites for hydroxylation is 1. The Labute approximate surface area is 144 Å². The van der Waals surface area contributed by atoms with E-state index < -0.39 is 0 Å². The van der Waals surface area contributed by atoms with Crippen molar-refractivity contribution in [3.8, 4) is 11.5 Å². The molecule has 2 heteroatoms. The molecule has 126 valence electrons. The lowest BCUT2D eigenvalue weighted by molar-refractivity contribution is 0.311. The highest BCUT2D eigenvalue weighted by molar-refractivity contribution is 6.11. The molecule has 0 aliphatic heterocycles. The van der Waals surface area contributed by atoms with Crippen molar-refractivity contribution in [2.45, 2.75) is 39.5 Å². The van der Waals surface area contributed by atoms with Crippen LogP contribution < -0.4 is 9.47 Å². The van der Waals surface area contributed by atoms with Crippen LogP contribution in [0.5, 0.6) is 11.5 Å². The zero-order valence-electron chi connectivity index (χ0n) is 14.9. The van der Waals surface area contributed by atoms with Gasteiger partial charge in [0.05, 0.1) is 13.7 Å². The van der Waals surface area contributed by atoms with Gasteiger partial charge >= 0.3 is 0 Å². The van der Waals surface area contributed by atoms with E-state index in [-0.39, 0.29) is 0 Å². The van der Waals surface area contributed by atoms with E-state index in [0.717, 1.165) is 46.1 Å². The molecule has 0 aromatic heterocycles. The molecule has 3 aromatic carbocycles. The molecule has 24 heavy (non-hydrogen) atoms. The van der Waals surface area contributed by atoms with Gasteiger partial charge in [-0.05, 0) is 19.4 Å². The van der Waals surface area contributed by atoms with Crippen LogP contribution in [0.25, 0.3) is 21.5 Å². The molecule has 0 heterocycles. The second-order valence-corrected chi connectivity index (χ2v) is 6.37. The lowest BCUT2D eigenvalue weighted by atomic mass is 9.99. The zero-order valence-corrected chi connectivity index (χ0v) is 14.9.